The molecule has 0 bridgehead atoms. The normalized spacial score (nSPS) is 22.9. The van der Waals surface area contributed by atoms with Gasteiger partial charge in [-0.05, 0) is 205 Å². The molecule has 1 saturated heterocycles. The van der Waals surface area contributed by atoms with Crippen LogP contribution in [0.2, 0.25) is 0 Å². The van der Waals surface area contributed by atoms with Crippen molar-refractivity contribution in [2.45, 2.75) is 30.7 Å². The van der Waals surface area contributed by atoms with Crippen LogP contribution in [-0.2, 0) is 23.0 Å². The quantitative estimate of drug-likeness (QED) is 0.136. The Bertz CT molecular complexity index is 4380. The number of benzene rings is 10. The van der Waals surface area contributed by atoms with Gasteiger partial charge in [0.2, 0.25) is 0 Å². The largest absolute Gasteiger partial charge is 0.394 e. The van der Waals surface area contributed by atoms with Crippen LogP contribution in [0, 0.1) is 5.92 Å². The summed E-state index contributed by atoms with van der Waals surface area (Å²) in [6.45, 7) is 2.97. The fourth-order valence-corrected chi connectivity index (χ4v) is 16.5. The maximum absolute atomic E-state index is 9.71. The third-order valence-electron chi connectivity index (χ3n) is 17.7. The van der Waals surface area contributed by atoms with E-state index in [2.05, 4.69) is 77.7 Å². The van der Waals surface area contributed by atoms with Gasteiger partial charge >= 0.3 is 0 Å². The van der Waals surface area contributed by atoms with E-state index in [1.165, 1.54) is 48.7 Å². The summed E-state index contributed by atoms with van der Waals surface area (Å²) in [6.07, 6.45) is 3.25. The Morgan fingerprint density at radius 3 is 1.97 bits per heavy atom. The van der Waals surface area contributed by atoms with E-state index in [1.807, 2.05) is 0 Å². The van der Waals surface area contributed by atoms with Gasteiger partial charge in [-0.2, -0.15) is 0 Å². The Morgan fingerprint density at radius 1 is 0.552 bits per heavy atom. The van der Waals surface area contributed by atoms with E-state index in [0.717, 1.165) is 32.4 Å². The molecule has 0 amide bonds. The van der Waals surface area contributed by atoms with Crippen molar-refractivity contribution >= 4 is 140 Å². The summed E-state index contributed by atoms with van der Waals surface area (Å²) in [7, 11) is 0. The van der Waals surface area contributed by atoms with Crippen LogP contribution in [0.5, 0.6) is 0 Å². The molecular weight excluding hydrogens is 707 g/mol. The molecule has 58 heavy (non-hydrogen) atoms. The molecule has 1 N–H and O–H groups in total. The molecule has 19 rings (SSSR count). The average molecular weight is 738 g/mol. The van der Waals surface area contributed by atoms with Crippen LogP contribution in [0.15, 0.2) is 72.8 Å². The minimum atomic E-state index is -0.0983. The zero-order valence-electron chi connectivity index (χ0n) is 31.5. The van der Waals surface area contributed by atoms with E-state index in [0.29, 0.717) is 19.1 Å². The molecular formula is C55H31NO2. The Morgan fingerprint density at radius 2 is 1.19 bits per heavy atom. The van der Waals surface area contributed by atoms with Crippen molar-refractivity contribution in [3.05, 3.63) is 105 Å². The lowest BCUT2D eigenvalue weighted by atomic mass is 9.60. The first-order valence-electron chi connectivity index (χ1n) is 21.7. The molecule has 1 heterocycles. The average Bonchev–Trinajstić information content (AvgIpc) is 4.10. The monoisotopic (exact) mass is 737 g/mol. The third kappa shape index (κ3) is 2.35. The number of rotatable bonds is 6. The molecule has 5 aliphatic rings. The van der Waals surface area contributed by atoms with Crippen molar-refractivity contribution in [1.29, 1.82) is 0 Å². The van der Waals surface area contributed by atoms with E-state index in [-0.39, 0.29) is 18.1 Å². The topological polar surface area (TPSA) is 32.7 Å². The van der Waals surface area contributed by atoms with Gasteiger partial charge < -0.3 is 9.84 Å². The van der Waals surface area contributed by atoms with Crippen molar-refractivity contribution in [3.63, 3.8) is 0 Å². The molecule has 268 valence electrons. The Labute approximate surface area is 328 Å². The van der Waals surface area contributed by atoms with Crippen LogP contribution in [0.4, 0.5) is 0 Å². The van der Waals surface area contributed by atoms with E-state index >= 15 is 0 Å². The molecule has 3 atom stereocenters. The number of likely N-dealkylation sites (tertiary alicyclic amines) is 1. The lowest BCUT2D eigenvalue weighted by molar-refractivity contribution is 0.0671. The maximum Gasteiger partial charge on any atom is 0.0698 e. The fourth-order valence-electron chi connectivity index (χ4n) is 16.5. The van der Waals surface area contributed by atoms with Crippen LogP contribution < -0.4 is 10.4 Å². The van der Waals surface area contributed by atoms with Crippen molar-refractivity contribution in [2.24, 2.45) is 5.92 Å². The number of hydrogen-bond acceptors (Lipinski definition) is 3. The second-order valence-corrected chi connectivity index (χ2v) is 19.6. The lowest BCUT2D eigenvalue weighted by Gasteiger charge is -2.43. The molecule has 1 fully saturated rings. The summed E-state index contributed by atoms with van der Waals surface area (Å²) in [5, 5.41) is 50.0. The highest BCUT2D eigenvalue weighted by molar-refractivity contribution is 6.63. The molecule has 0 saturated carbocycles. The third-order valence-corrected chi connectivity index (χ3v) is 17.7. The molecule has 1 aliphatic heterocycles. The molecule has 14 aromatic carbocycles. The molecule has 3 heteroatoms. The molecule has 3 nitrogen and oxygen atoms in total. The van der Waals surface area contributed by atoms with E-state index in [9.17, 15) is 5.11 Å². The Kier molecular flexibility index (Phi) is 3.87. The van der Waals surface area contributed by atoms with E-state index < -0.39 is 0 Å². The van der Waals surface area contributed by atoms with Crippen molar-refractivity contribution in [1.82, 2.24) is 4.90 Å². The standard InChI is InChI=1S/C55H31NO2/c57-8-10-58-9-7-56-20-32-31-18-29-16-26-14-27-13-24-12-25-15-28-17-30-19-55(32,54(56)23-6-5-21-3-1-2-4-22(21)11-23)53-39(30)44-38(28)43-34(25)33(24)41-37(27)42-35(26)36(29)45-40(31)52(53)51-49(44)47(43)46(41)48(42)50(45)51/h1-6,11-15,17,32,54,57H,7-10,16,18-20H2. The van der Waals surface area contributed by atoms with Gasteiger partial charge in [0.1, 0.15) is 0 Å². The van der Waals surface area contributed by atoms with Crippen LogP contribution in [-0.4, -0.2) is 42.9 Å². The van der Waals surface area contributed by atoms with Crippen molar-refractivity contribution in [3.8, 4) is 0 Å². The summed E-state index contributed by atoms with van der Waals surface area (Å²) >= 11 is 0. The number of hydrogen-bond donors (Lipinski definition) is 1. The van der Waals surface area contributed by atoms with Gasteiger partial charge in [0.05, 0.1) is 19.8 Å². The number of fused-ring (bicyclic) bond motifs is 2. The first-order valence-corrected chi connectivity index (χ1v) is 21.7. The highest BCUT2D eigenvalue weighted by atomic mass is 16.5. The zero-order valence-corrected chi connectivity index (χ0v) is 31.5. The molecule has 4 aliphatic carbocycles. The maximum atomic E-state index is 9.71. The summed E-state index contributed by atoms with van der Waals surface area (Å²) in [5.74, 6) is 0.401. The van der Waals surface area contributed by atoms with Crippen molar-refractivity contribution < 1.29 is 9.84 Å². The number of aliphatic hydroxyl groups is 1. The first-order chi connectivity index (χ1) is 28.7. The summed E-state index contributed by atoms with van der Waals surface area (Å²) in [4.78, 5) is 2.83. The van der Waals surface area contributed by atoms with Gasteiger partial charge in [0, 0.05) is 30.5 Å². The van der Waals surface area contributed by atoms with Gasteiger partial charge in [0.15, 0.2) is 0 Å². The number of aliphatic hydroxyl groups excluding tert-OH is 1. The van der Waals surface area contributed by atoms with Gasteiger partial charge in [0.25, 0.3) is 0 Å². The van der Waals surface area contributed by atoms with Crippen LogP contribution >= 0.6 is 0 Å². The smallest absolute Gasteiger partial charge is 0.0698 e. The molecule has 0 radical (unpaired) electrons. The second-order valence-electron chi connectivity index (χ2n) is 19.6. The Hall–Kier alpha value is -5.84. The highest BCUT2D eigenvalue weighted by Gasteiger charge is 2.62. The molecule has 0 aromatic heterocycles. The van der Waals surface area contributed by atoms with Crippen LogP contribution in [0.25, 0.3) is 140 Å². The van der Waals surface area contributed by atoms with Gasteiger partial charge in [-0.1, -0.05) is 59.7 Å². The highest BCUT2D eigenvalue weighted by Crippen LogP contribution is 2.70. The van der Waals surface area contributed by atoms with Crippen LogP contribution in [0.3, 0.4) is 0 Å². The molecule has 14 aromatic rings. The summed E-state index contributed by atoms with van der Waals surface area (Å²) in [5.41, 5.74) is 9.62. The number of nitrogens with zero attached hydrogens (tertiary/aromatic N) is 1. The summed E-state index contributed by atoms with van der Waals surface area (Å²) < 4.78 is 6.12. The SMILES string of the molecule is OCCOCCN1CC2C3=c4c5c6c7c(cc8cc9cc%10cc%11cc%12c%13c(c4c4c5c5c7c8c7c9c%10c8c%11c%13c4c8c75)=C(C3)C%12)CC62C1c1ccc2ccccc2c1. The zero-order chi connectivity index (χ0) is 36.6. The summed E-state index contributed by atoms with van der Waals surface area (Å²) in [6, 6.07) is 29.6. The van der Waals surface area contributed by atoms with Gasteiger partial charge in [-0.3, -0.25) is 4.90 Å². The minimum absolute atomic E-state index is 0.0639. The predicted molar refractivity (Wildman–Crippen MR) is 239 cm³/mol. The van der Waals surface area contributed by atoms with Crippen LogP contribution in [0.1, 0.15) is 34.7 Å². The first kappa shape index (κ1) is 27.7. The Balaban J connectivity index is 1.09. The molecule has 3 unspecified atom stereocenters. The molecule has 1 spiro atoms. The van der Waals surface area contributed by atoms with E-state index in [4.69, 9.17) is 4.74 Å². The number of ether oxygens (including phenoxy) is 1. The van der Waals surface area contributed by atoms with Gasteiger partial charge in [-0.25, -0.2) is 0 Å². The second kappa shape index (κ2) is 8.09. The fraction of sp³-hybridized carbons (Fsp3) is 0.200. The predicted octanol–water partition coefficient (Wildman–Crippen LogP) is 10.2. The van der Waals surface area contributed by atoms with E-state index in [1.54, 1.807) is 124 Å². The minimum Gasteiger partial charge on any atom is -0.394 e. The van der Waals surface area contributed by atoms with Gasteiger partial charge in [-0.15, -0.1) is 0 Å². The lowest BCUT2D eigenvalue weighted by Crippen LogP contribution is -2.44. The van der Waals surface area contributed by atoms with Crippen molar-refractivity contribution in [2.75, 3.05) is 32.9 Å².